The van der Waals surface area contributed by atoms with Crippen LogP contribution in [0.15, 0.2) is 0 Å². The monoisotopic (exact) mass is 240 g/mol. The first kappa shape index (κ1) is 11.4. The lowest BCUT2D eigenvalue weighted by molar-refractivity contribution is 0.317. The third kappa shape index (κ3) is 2.93. The highest BCUT2D eigenvalue weighted by Crippen LogP contribution is 2.30. The van der Waals surface area contributed by atoms with Gasteiger partial charge in [0.05, 0.1) is 0 Å². The first-order valence-electron chi connectivity index (χ1n) is 7.01. The van der Waals surface area contributed by atoms with E-state index in [1.165, 1.54) is 63.9 Å². The summed E-state index contributed by atoms with van der Waals surface area (Å²) >= 11 is 2.19. The molecule has 0 aromatic rings. The van der Waals surface area contributed by atoms with Crippen LogP contribution in [0.4, 0.5) is 0 Å². The zero-order valence-electron chi connectivity index (χ0n) is 10.2. The van der Waals surface area contributed by atoms with Crippen LogP contribution in [0.2, 0.25) is 0 Å². The van der Waals surface area contributed by atoms with E-state index < -0.39 is 0 Å². The predicted octanol–water partition coefficient (Wildman–Crippen LogP) is 2.10. The second kappa shape index (κ2) is 5.28. The van der Waals surface area contributed by atoms with Crippen LogP contribution in [-0.4, -0.2) is 47.6 Å². The molecule has 2 heterocycles. The number of rotatable bonds is 4. The average Bonchev–Trinajstić information content (AvgIpc) is 3.08. The molecule has 3 rings (SSSR count). The predicted molar refractivity (Wildman–Crippen MR) is 71.1 cm³/mol. The SMILES string of the molecule is C1CCC(CNC2CCN(C3CC3)C2)SC1. The van der Waals surface area contributed by atoms with Gasteiger partial charge >= 0.3 is 0 Å². The summed E-state index contributed by atoms with van der Waals surface area (Å²) in [6, 6.07) is 1.76. The van der Waals surface area contributed by atoms with E-state index in [9.17, 15) is 0 Å². The topological polar surface area (TPSA) is 15.3 Å². The number of nitrogens with zero attached hydrogens (tertiary/aromatic N) is 1. The highest BCUT2D eigenvalue weighted by molar-refractivity contribution is 7.99. The number of likely N-dealkylation sites (tertiary alicyclic amines) is 1. The van der Waals surface area contributed by atoms with Crippen molar-refractivity contribution in [3.8, 4) is 0 Å². The number of nitrogens with one attached hydrogen (secondary N) is 1. The Hall–Kier alpha value is 0.270. The maximum Gasteiger partial charge on any atom is 0.0207 e. The maximum absolute atomic E-state index is 3.80. The molecule has 3 aliphatic rings. The molecule has 3 heteroatoms. The first-order valence-corrected chi connectivity index (χ1v) is 8.06. The van der Waals surface area contributed by atoms with Crippen LogP contribution in [0, 0.1) is 0 Å². The summed E-state index contributed by atoms with van der Waals surface area (Å²) in [5, 5.41) is 4.71. The zero-order valence-corrected chi connectivity index (χ0v) is 11.0. The molecule has 1 N–H and O–H groups in total. The maximum atomic E-state index is 3.80. The normalized spacial score (nSPS) is 36.8. The molecular weight excluding hydrogens is 216 g/mol. The fourth-order valence-electron chi connectivity index (χ4n) is 2.99. The van der Waals surface area contributed by atoms with E-state index >= 15 is 0 Å². The molecule has 2 aliphatic heterocycles. The minimum atomic E-state index is 0.795. The molecule has 92 valence electrons. The summed E-state index contributed by atoms with van der Waals surface area (Å²) in [4.78, 5) is 2.70. The van der Waals surface area contributed by atoms with Crippen molar-refractivity contribution in [2.45, 2.75) is 55.9 Å². The van der Waals surface area contributed by atoms with E-state index in [2.05, 4.69) is 22.0 Å². The van der Waals surface area contributed by atoms with Crippen molar-refractivity contribution >= 4 is 11.8 Å². The second-order valence-electron chi connectivity index (χ2n) is 5.61. The van der Waals surface area contributed by atoms with Gasteiger partial charge in [-0.2, -0.15) is 11.8 Å². The standard InChI is InChI=1S/C13H24N2S/c1-2-8-16-13(3-1)9-14-11-6-7-15(10-11)12-4-5-12/h11-14H,1-10H2. The van der Waals surface area contributed by atoms with Gasteiger partial charge in [-0.05, 0) is 37.9 Å². The third-order valence-electron chi connectivity index (χ3n) is 4.19. The fraction of sp³-hybridized carbons (Fsp3) is 1.00. The first-order chi connectivity index (χ1) is 7.92. The minimum absolute atomic E-state index is 0.795. The highest BCUT2D eigenvalue weighted by atomic mass is 32.2. The van der Waals surface area contributed by atoms with Crippen LogP contribution >= 0.6 is 11.8 Å². The number of hydrogen-bond acceptors (Lipinski definition) is 3. The van der Waals surface area contributed by atoms with E-state index in [-0.39, 0.29) is 0 Å². The smallest absolute Gasteiger partial charge is 0.0207 e. The van der Waals surface area contributed by atoms with Crippen molar-refractivity contribution in [2.75, 3.05) is 25.4 Å². The molecule has 0 aromatic carbocycles. The Kier molecular flexibility index (Phi) is 3.75. The van der Waals surface area contributed by atoms with Crippen molar-refractivity contribution in [1.82, 2.24) is 10.2 Å². The van der Waals surface area contributed by atoms with Gasteiger partial charge < -0.3 is 5.32 Å². The van der Waals surface area contributed by atoms with Crippen molar-refractivity contribution in [1.29, 1.82) is 0 Å². The van der Waals surface area contributed by atoms with Crippen LogP contribution in [0.5, 0.6) is 0 Å². The molecule has 0 radical (unpaired) electrons. The van der Waals surface area contributed by atoms with Crippen molar-refractivity contribution in [3.63, 3.8) is 0 Å². The van der Waals surface area contributed by atoms with Gasteiger partial charge in [-0.3, -0.25) is 4.90 Å². The van der Waals surface area contributed by atoms with Gasteiger partial charge in [-0.25, -0.2) is 0 Å². The van der Waals surface area contributed by atoms with Crippen LogP contribution in [0.25, 0.3) is 0 Å². The van der Waals surface area contributed by atoms with E-state index in [0.717, 1.165) is 17.3 Å². The van der Waals surface area contributed by atoms with Crippen LogP contribution in [-0.2, 0) is 0 Å². The molecule has 0 amide bonds. The van der Waals surface area contributed by atoms with Gasteiger partial charge in [-0.15, -0.1) is 0 Å². The van der Waals surface area contributed by atoms with Crippen molar-refractivity contribution < 1.29 is 0 Å². The summed E-state index contributed by atoms with van der Waals surface area (Å²) in [5.41, 5.74) is 0. The molecule has 0 spiro atoms. The summed E-state index contributed by atoms with van der Waals surface area (Å²) in [7, 11) is 0. The lowest BCUT2D eigenvalue weighted by atomic mass is 10.2. The lowest BCUT2D eigenvalue weighted by Gasteiger charge is -2.23. The quantitative estimate of drug-likeness (QED) is 0.810. The summed E-state index contributed by atoms with van der Waals surface area (Å²) in [6.07, 6.45) is 8.65. The Morgan fingerprint density at radius 2 is 2.06 bits per heavy atom. The molecule has 1 aliphatic carbocycles. The van der Waals surface area contributed by atoms with Crippen LogP contribution < -0.4 is 5.32 Å². The van der Waals surface area contributed by atoms with E-state index in [1.807, 2.05) is 0 Å². The Morgan fingerprint density at radius 3 is 2.81 bits per heavy atom. The third-order valence-corrected chi connectivity index (χ3v) is 5.59. The Bertz CT molecular complexity index is 224. The molecule has 2 saturated heterocycles. The molecule has 2 nitrogen and oxygen atoms in total. The van der Waals surface area contributed by atoms with Crippen molar-refractivity contribution in [2.24, 2.45) is 0 Å². The molecular formula is C13H24N2S. The van der Waals surface area contributed by atoms with Crippen LogP contribution in [0.3, 0.4) is 0 Å². The van der Waals surface area contributed by atoms with Gasteiger partial charge in [0.15, 0.2) is 0 Å². The highest BCUT2D eigenvalue weighted by Gasteiger charge is 2.34. The van der Waals surface area contributed by atoms with Gasteiger partial charge in [0.25, 0.3) is 0 Å². The molecule has 3 fully saturated rings. The van der Waals surface area contributed by atoms with Gasteiger partial charge in [0.1, 0.15) is 0 Å². The van der Waals surface area contributed by atoms with Gasteiger partial charge in [0.2, 0.25) is 0 Å². The Labute approximate surface area is 104 Å². The minimum Gasteiger partial charge on any atom is -0.312 e. The molecule has 2 atom stereocenters. The summed E-state index contributed by atoms with van der Waals surface area (Å²) in [5.74, 6) is 1.39. The lowest BCUT2D eigenvalue weighted by Crippen LogP contribution is -2.37. The Balaban J connectivity index is 1.35. The molecule has 0 aromatic heterocycles. The average molecular weight is 240 g/mol. The summed E-state index contributed by atoms with van der Waals surface area (Å²) in [6.45, 7) is 3.93. The molecule has 1 saturated carbocycles. The number of thioether (sulfide) groups is 1. The summed E-state index contributed by atoms with van der Waals surface area (Å²) < 4.78 is 0. The largest absolute Gasteiger partial charge is 0.312 e. The second-order valence-corrected chi connectivity index (χ2v) is 7.02. The zero-order chi connectivity index (χ0) is 10.8. The molecule has 16 heavy (non-hydrogen) atoms. The van der Waals surface area contributed by atoms with E-state index in [0.29, 0.717) is 0 Å². The van der Waals surface area contributed by atoms with Gasteiger partial charge in [-0.1, -0.05) is 6.42 Å². The number of hydrogen-bond donors (Lipinski definition) is 1. The molecule has 0 bridgehead atoms. The van der Waals surface area contributed by atoms with Crippen molar-refractivity contribution in [3.05, 3.63) is 0 Å². The molecule has 2 unspecified atom stereocenters. The van der Waals surface area contributed by atoms with Crippen LogP contribution in [0.1, 0.15) is 38.5 Å². The Morgan fingerprint density at radius 1 is 1.12 bits per heavy atom. The van der Waals surface area contributed by atoms with E-state index in [4.69, 9.17) is 0 Å². The van der Waals surface area contributed by atoms with Gasteiger partial charge in [0, 0.05) is 37.0 Å². The van der Waals surface area contributed by atoms with E-state index in [1.54, 1.807) is 0 Å². The fourth-order valence-corrected chi connectivity index (χ4v) is 4.24.